The second kappa shape index (κ2) is 8.90. The fourth-order valence-electron chi connectivity index (χ4n) is 2.83. The van der Waals surface area contributed by atoms with Gasteiger partial charge in [-0.2, -0.15) is 0 Å². The van der Waals surface area contributed by atoms with Gasteiger partial charge in [0.25, 0.3) is 0 Å². The molecule has 3 rings (SSSR count). The average molecular weight is 348 g/mol. The topological polar surface area (TPSA) is 50.4 Å². The van der Waals surface area contributed by atoms with Crippen molar-refractivity contribution in [3.8, 4) is 11.5 Å². The second-order valence-corrected chi connectivity index (χ2v) is 6.15. The van der Waals surface area contributed by atoms with Gasteiger partial charge in [-0.3, -0.25) is 0 Å². The van der Waals surface area contributed by atoms with Crippen LogP contribution in [0.1, 0.15) is 18.9 Å². The Hall–Kier alpha value is -3.01. The Morgan fingerprint density at radius 1 is 0.885 bits per heavy atom. The van der Waals surface area contributed by atoms with Crippen molar-refractivity contribution >= 4 is 16.8 Å². The zero-order valence-corrected chi connectivity index (χ0v) is 15.0. The molecule has 0 aliphatic carbocycles. The molecule has 0 spiro atoms. The van der Waals surface area contributed by atoms with Crippen molar-refractivity contribution in [2.75, 3.05) is 13.1 Å². The number of carbonyl (C=O) groups excluding carboxylic acids is 1. The number of amides is 2. The van der Waals surface area contributed by atoms with Gasteiger partial charge in [0.2, 0.25) is 0 Å². The molecule has 2 amide bonds. The maximum Gasteiger partial charge on any atom is 0.314 e. The predicted octanol–water partition coefficient (Wildman–Crippen LogP) is 4.88. The molecule has 0 aliphatic rings. The number of benzene rings is 3. The van der Waals surface area contributed by atoms with Gasteiger partial charge in [-0.1, -0.05) is 49.4 Å². The van der Waals surface area contributed by atoms with E-state index in [9.17, 15) is 4.79 Å². The van der Waals surface area contributed by atoms with Crippen LogP contribution in [0.25, 0.3) is 10.8 Å². The first-order valence-electron chi connectivity index (χ1n) is 9.02. The van der Waals surface area contributed by atoms with Gasteiger partial charge in [-0.25, -0.2) is 4.79 Å². The molecule has 2 N–H and O–H groups in total. The minimum atomic E-state index is -0.111. The van der Waals surface area contributed by atoms with Gasteiger partial charge in [0.15, 0.2) is 0 Å². The number of carbonyl (C=O) groups is 1. The van der Waals surface area contributed by atoms with E-state index in [0.29, 0.717) is 13.1 Å². The minimum absolute atomic E-state index is 0.111. The number of urea groups is 1. The van der Waals surface area contributed by atoms with Crippen LogP contribution in [0.5, 0.6) is 11.5 Å². The Balaban J connectivity index is 1.71. The summed E-state index contributed by atoms with van der Waals surface area (Å²) in [6.07, 6.45) is 1.70. The highest BCUT2D eigenvalue weighted by molar-refractivity contribution is 5.87. The molecular weight excluding hydrogens is 324 g/mol. The quantitative estimate of drug-likeness (QED) is 0.639. The smallest absolute Gasteiger partial charge is 0.314 e. The number of hydrogen-bond acceptors (Lipinski definition) is 2. The summed E-state index contributed by atoms with van der Waals surface area (Å²) in [6.45, 7) is 3.32. The monoisotopic (exact) mass is 348 g/mol. The van der Waals surface area contributed by atoms with Crippen LogP contribution in [0.2, 0.25) is 0 Å². The Labute approximate surface area is 154 Å². The lowest BCUT2D eigenvalue weighted by atomic mass is 10.0. The van der Waals surface area contributed by atoms with Crippen molar-refractivity contribution in [3.63, 3.8) is 0 Å². The fraction of sp³-hybridized carbons (Fsp3) is 0.227. The van der Waals surface area contributed by atoms with Gasteiger partial charge in [-0.05, 0) is 53.4 Å². The molecule has 0 fully saturated rings. The van der Waals surface area contributed by atoms with Crippen molar-refractivity contribution in [1.29, 1.82) is 0 Å². The van der Waals surface area contributed by atoms with Crippen molar-refractivity contribution in [1.82, 2.24) is 10.6 Å². The molecule has 0 heterocycles. The Morgan fingerprint density at radius 2 is 1.69 bits per heavy atom. The van der Waals surface area contributed by atoms with E-state index >= 15 is 0 Å². The van der Waals surface area contributed by atoms with E-state index in [0.717, 1.165) is 29.7 Å². The van der Waals surface area contributed by atoms with Crippen molar-refractivity contribution < 1.29 is 9.53 Å². The number of rotatable bonds is 7. The summed E-state index contributed by atoms with van der Waals surface area (Å²) in [5.74, 6) is 1.63. The molecule has 0 aromatic heterocycles. The van der Waals surface area contributed by atoms with Gasteiger partial charge in [-0.15, -0.1) is 0 Å². The summed E-state index contributed by atoms with van der Waals surface area (Å²) >= 11 is 0. The number of para-hydroxylation sites is 1. The molecule has 0 unspecified atom stereocenters. The molecule has 0 bridgehead atoms. The molecule has 0 aliphatic heterocycles. The Morgan fingerprint density at radius 3 is 2.50 bits per heavy atom. The number of nitrogens with one attached hydrogen (secondary N) is 2. The maximum absolute atomic E-state index is 11.7. The highest BCUT2D eigenvalue weighted by atomic mass is 16.5. The zero-order chi connectivity index (χ0) is 18.2. The number of ether oxygens (including phenoxy) is 1. The molecular formula is C22H24N2O2. The second-order valence-electron chi connectivity index (χ2n) is 6.15. The average Bonchev–Trinajstić information content (AvgIpc) is 2.67. The highest BCUT2D eigenvalue weighted by Crippen LogP contribution is 2.27. The molecule has 3 aromatic rings. The first-order chi connectivity index (χ1) is 12.8. The van der Waals surface area contributed by atoms with Crippen molar-refractivity contribution in [3.05, 3.63) is 72.3 Å². The number of fused-ring (bicyclic) bond motifs is 1. The van der Waals surface area contributed by atoms with Crippen LogP contribution < -0.4 is 15.4 Å². The van der Waals surface area contributed by atoms with Gasteiger partial charge in [0.1, 0.15) is 11.5 Å². The Kier molecular flexibility index (Phi) is 6.09. The maximum atomic E-state index is 11.7. The normalized spacial score (nSPS) is 10.5. The van der Waals surface area contributed by atoms with E-state index in [1.54, 1.807) is 0 Å². The van der Waals surface area contributed by atoms with E-state index in [1.165, 1.54) is 10.9 Å². The van der Waals surface area contributed by atoms with Gasteiger partial charge in [0, 0.05) is 13.1 Å². The zero-order valence-electron chi connectivity index (χ0n) is 15.0. The first kappa shape index (κ1) is 17.8. The third-order valence-corrected chi connectivity index (χ3v) is 4.14. The van der Waals surface area contributed by atoms with Crippen LogP contribution in [0.4, 0.5) is 4.79 Å². The van der Waals surface area contributed by atoms with Crippen LogP contribution in [0.3, 0.4) is 0 Å². The van der Waals surface area contributed by atoms with Crippen molar-refractivity contribution in [2.45, 2.75) is 19.8 Å². The van der Waals surface area contributed by atoms with E-state index in [4.69, 9.17) is 4.74 Å². The number of hydrogen-bond donors (Lipinski definition) is 2. The van der Waals surface area contributed by atoms with Crippen LogP contribution in [0, 0.1) is 0 Å². The molecule has 134 valence electrons. The molecule has 0 radical (unpaired) electrons. The Bertz CT molecular complexity index is 862. The molecule has 3 aromatic carbocycles. The van der Waals surface area contributed by atoms with Gasteiger partial charge >= 0.3 is 6.03 Å². The summed E-state index contributed by atoms with van der Waals surface area (Å²) in [5, 5.41) is 8.04. The summed E-state index contributed by atoms with van der Waals surface area (Å²) in [5.41, 5.74) is 1.19. The standard InChI is InChI=1S/C22H24N2O2/c1-2-14-23-22(25)24-15-13-18-8-6-7-17-11-12-20(16-21(17)18)26-19-9-4-3-5-10-19/h3-12,16H,2,13-15H2,1H3,(H2,23,24,25). The van der Waals surface area contributed by atoms with Crippen LogP contribution in [0.15, 0.2) is 66.7 Å². The summed E-state index contributed by atoms with van der Waals surface area (Å²) in [4.78, 5) is 11.7. The SMILES string of the molecule is CCCNC(=O)NCCc1cccc2ccc(Oc3ccccc3)cc12. The summed E-state index contributed by atoms with van der Waals surface area (Å²) in [7, 11) is 0. The third kappa shape index (κ3) is 4.76. The fourth-order valence-corrected chi connectivity index (χ4v) is 2.83. The van der Waals surface area contributed by atoms with Gasteiger partial charge < -0.3 is 15.4 Å². The summed E-state index contributed by atoms with van der Waals surface area (Å²) in [6, 6.07) is 22.0. The molecule has 0 atom stereocenters. The molecule has 0 saturated carbocycles. The predicted molar refractivity (Wildman–Crippen MR) is 106 cm³/mol. The lowest BCUT2D eigenvalue weighted by Crippen LogP contribution is -2.36. The largest absolute Gasteiger partial charge is 0.457 e. The van der Waals surface area contributed by atoms with Crippen LogP contribution in [-0.2, 0) is 6.42 Å². The molecule has 0 saturated heterocycles. The van der Waals surface area contributed by atoms with E-state index in [2.05, 4.69) is 34.9 Å². The lowest BCUT2D eigenvalue weighted by molar-refractivity contribution is 0.241. The van der Waals surface area contributed by atoms with Crippen LogP contribution >= 0.6 is 0 Å². The summed E-state index contributed by atoms with van der Waals surface area (Å²) < 4.78 is 5.95. The van der Waals surface area contributed by atoms with Crippen LogP contribution in [-0.4, -0.2) is 19.1 Å². The molecule has 26 heavy (non-hydrogen) atoms. The third-order valence-electron chi connectivity index (χ3n) is 4.14. The highest BCUT2D eigenvalue weighted by Gasteiger charge is 2.05. The van der Waals surface area contributed by atoms with Crippen molar-refractivity contribution in [2.24, 2.45) is 0 Å². The van der Waals surface area contributed by atoms with E-state index < -0.39 is 0 Å². The minimum Gasteiger partial charge on any atom is -0.457 e. The molecule has 4 nitrogen and oxygen atoms in total. The van der Waals surface area contributed by atoms with E-state index in [-0.39, 0.29) is 6.03 Å². The van der Waals surface area contributed by atoms with Gasteiger partial charge in [0.05, 0.1) is 0 Å². The molecule has 4 heteroatoms. The van der Waals surface area contributed by atoms with E-state index in [1.807, 2.05) is 49.4 Å². The lowest BCUT2D eigenvalue weighted by Gasteiger charge is -2.11. The first-order valence-corrected chi connectivity index (χ1v) is 9.02.